The summed E-state index contributed by atoms with van der Waals surface area (Å²) in [5, 5.41) is 25.7. The Balaban J connectivity index is 4.69. The number of hydrogen-bond acceptors (Lipinski definition) is 9. The summed E-state index contributed by atoms with van der Waals surface area (Å²) in [7, 11) is 0. The molecule has 0 heterocycles. The number of carboxylic acid groups (broad SMARTS) is 1. The molecule has 0 aromatic heterocycles. The van der Waals surface area contributed by atoms with Crippen molar-refractivity contribution >= 4 is 23.9 Å². The molecule has 10 nitrogen and oxygen atoms in total. The molecule has 1 atom stereocenters. The van der Waals surface area contributed by atoms with Gasteiger partial charge in [0.2, 0.25) is 0 Å². The summed E-state index contributed by atoms with van der Waals surface area (Å²) < 4.78 is 13.9. The van der Waals surface area contributed by atoms with Gasteiger partial charge in [0.15, 0.2) is 6.29 Å². The third-order valence-corrected chi connectivity index (χ3v) is 2.08. The van der Waals surface area contributed by atoms with Crippen molar-refractivity contribution in [1.82, 2.24) is 0 Å². The Morgan fingerprint density at radius 2 is 1.45 bits per heavy atom. The topological polar surface area (TPSA) is 157 Å². The molecule has 0 rings (SSSR count). The summed E-state index contributed by atoms with van der Waals surface area (Å²) in [5.74, 6) is -6.58. The van der Waals surface area contributed by atoms with Gasteiger partial charge < -0.3 is 29.5 Å². The molecule has 0 saturated heterocycles. The van der Waals surface area contributed by atoms with Crippen molar-refractivity contribution in [3.05, 3.63) is 0 Å². The van der Waals surface area contributed by atoms with E-state index in [1.165, 1.54) is 0 Å². The molecule has 0 aromatic rings. The Hall–Kier alpha value is -2.20. The van der Waals surface area contributed by atoms with Crippen molar-refractivity contribution in [2.75, 3.05) is 0 Å². The van der Waals surface area contributed by atoms with E-state index in [1.807, 2.05) is 0 Å². The number of carbonyl (C=O) groups excluding carboxylic acids is 3. The molecule has 0 radical (unpaired) electrons. The molecule has 0 aliphatic heterocycles. The van der Waals surface area contributed by atoms with Gasteiger partial charge in [0.05, 0.1) is 26.2 Å². The van der Waals surface area contributed by atoms with Crippen molar-refractivity contribution in [3.63, 3.8) is 0 Å². The van der Waals surface area contributed by atoms with Gasteiger partial charge in [-0.05, 0) is 0 Å². The summed E-state index contributed by atoms with van der Waals surface area (Å²) in [6.07, 6.45) is -3.52. The average molecular weight is 322 g/mol. The molecule has 0 fully saturated rings. The summed E-state index contributed by atoms with van der Waals surface area (Å²) in [5.41, 5.74) is 0. The second kappa shape index (κ2) is 8.95. The van der Waals surface area contributed by atoms with Crippen LogP contribution in [0.5, 0.6) is 0 Å². The second-order valence-corrected chi connectivity index (χ2v) is 4.32. The Kier molecular flexibility index (Phi) is 8.05. The van der Waals surface area contributed by atoms with Crippen LogP contribution in [0.4, 0.5) is 0 Å². The smallest absolute Gasteiger partial charge is 0.420 e. The lowest BCUT2D eigenvalue weighted by atomic mass is 10.3. The third-order valence-electron chi connectivity index (χ3n) is 2.08. The number of carbonyl (C=O) groups is 4. The minimum atomic E-state index is -2.36. The molecule has 126 valence electrons. The number of carboxylic acids is 1. The van der Waals surface area contributed by atoms with Crippen LogP contribution in [0.1, 0.15) is 39.5 Å². The van der Waals surface area contributed by atoms with Crippen LogP contribution >= 0.6 is 0 Å². The molecule has 0 spiro atoms. The fourth-order valence-corrected chi connectivity index (χ4v) is 1.30. The maximum atomic E-state index is 11.5. The average Bonchev–Trinajstić information content (AvgIpc) is 2.32. The van der Waals surface area contributed by atoms with Gasteiger partial charge in [-0.3, -0.25) is 19.2 Å². The van der Waals surface area contributed by atoms with E-state index in [1.54, 1.807) is 0 Å². The Morgan fingerprint density at radius 1 is 0.955 bits per heavy atom. The van der Waals surface area contributed by atoms with E-state index >= 15 is 0 Å². The largest absolute Gasteiger partial charge is 0.481 e. The molecule has 1 unspecified atom stereocenters. The van der Waals surface area contributed by atoms with Gasteiger partial charge in [0, 0.05) is 13.3 Å². The Bertz CT molecular complexity index is 430. The van der Waals surface area contributed by atoms with E-state index < -0.39 is 55.4 Å². The lowest BCUT2D eigenvalue weighted by molar-refractivity contribution is -0.319. The van der Waals surface area contributed by atoms with Gasteiger partial charge >= 0.3 is 29.9 Å². The highest BCUT2D eigenvalue weighted by Gasteiger charge is 2.37. The third kappa shape index (κ3) is 9.66. The van der Waals surface area contributed by atoms with Crippen molar-refractivity contribution < 1.29 is 48.7 Å². The summed E-state index contributed by atoms with van der Waals surface area (Å²) in [4.78, 5) is 44.2. The van der Waals surface area contributed by atoms with E-state index in [4.69, 9.17) is 15.3 Å². The lowest BCUT2D eigenvalue weighted by Gasteiger charge is -2.27. The molecule has 3 N–H and O–H groups in total. The number of hydrogen-bond donors (Lipinski definition) is 3. The number of esters is 3. The zero-order chi connectivity index (χ0) is 17.3. The maximum absolute atomic E-state index is 11.5. The molecule has 0 aliphatic rings. The van der Waals surface area contributed by atoms with Crippen LogP contribution < -0.4 is 0 Å². The summed E-state index contributed by atoms with van der Waals surface area (Å²) in [6, 6.07) is 0. The van der Waals surface area contributed by atoms with Gasteiger partial charge in [-0.2, -0.15) is 0 Å². The van der Waals surface area contributed by atoms with E-state index in [0.717, 1.165) is 13.8 Å². The number of ether oxygens (including phenoxy) is 3. The first-order valence-corrected chi connectivity index (χ1v) is 6.25. The quantitative estimate of drug-likeness (QED) is 0.365. The highest BCUT2D eigenvalue weighted by molar-refractivity contribution is 5.77. The van der Waals surface area contributed by atoms with E-state index in [-0.39, 0.29) is 6.42 Å². The summed E-state index contributed by atoms with van der Waals surface area (Å²) >= 11 is 0. The van der Waals surface area contributed by atoms with E-state index in [2.05, 4.69) is 14.2 Å². The van der Waals surface area contributed by atoms with Crippen LogP contribution in [0.2, 0.25) is 0 Å². The molecular formula is C12H18O10. The fraction of sp³-hybridized carbons (Fsp3) is 0.667. The number of aliphatic carboxylic acids is 1. The summed E-state index contributed by atoms with van der Waals surface area (Å²) in [6.45, 7) is 1.95. The standard InChI is InChI=1S/C12H18O10/c1-7(13)20-12(2,21-10(18)5-3-8(14)15)22-11(19)6-4-9(16)17/h8,14-15H,3-6H2,1-2H3,(H,16,17). The first-order valence-electron chi connectivity index (χ1n) is 6.25. The van der Waals surface area contributed by atoms with Crippen molar-refractivity contribution in [2.45, 2.75) is 51.8 Å². The number of aliphatic hydroxyl groups excluding tert-OH is 1. The van der Waals surface area contributed by atoms with Crippen molar-refractivity contribution in [2.24, 2.45) is 0 Å². The van der Waals surface area contributed by atoms with Gasteiger partial charge in [0.1, 0.15) is 0 Å². The maximum Gasteiger partial charge on any atom is 0.420 e. The second-order valence-electron chi connectivity index (χ2n) is 4.32. The molecule has 10 heteroatoms. The van der Waals surface area contributed by atoms with Gasteiger partial charge in [-0.1, -0.05) is 0 Å². The molecule has 22 heavy (non-hydrogen) atoms. The van der Waals surface area contributed by atoms with E-state index in [9.17, 15) is 19.2 Å². The first-order chi connectivity index (χ1) is 10.0. The first kappa shape index (κ1) is 19.8. The van der Waals surface area contributed by atoms with Crippen LogP contribution in [-0.2, 0) is 33.4 Å². The highest BCUT2D eigenvalue weighted by atomic mass is 16.9. The predicted octanol–water partition coefficient (Wildman–Crippen LogP) is -0.735. The molecule has 0 bridgehead atoms. The molecule has 0 aromatic carbocycles. The highest BCUT2D eigenvalue weighted by Crippen LogP contribution is 2.18. The minimum Gasteiger partial charge on any atom is -0.481 e. The number of rotatable bonds is 9. The van der Waals surface area contributed by atoms with Gasteiger partial charge in [0.25, 0.3) is 0 Å². The lowest BCUT2D eigenvalue weighted by Crippen LogP contribution is -2.41. The van der Waals surface area contributed by atoms with Crippen LogP contribution in [-0.4, -0.2) is 51.5 Å². The molecule has 0 aliphatic carbocycles. The SMILES string of the molecule is CC(=O)OC(C)(OC(=O)CCC(=O)O)OC(=O)CCC(O)O. The van der Waals surface area contributed by atoms with Crippen LogP contribution in [0.25, 0.3) is 0 Å². The monoisotopic (exact) mass is 322 g/mol. The predicted molar refractivity (Wildman–Crippen MR) is 66.7 cm³/mol. The Morgan fingerprint density at radius 3 is 1.86 bits per heavy atom. The fourth-order valence-electron chi connectivity index (χ4n) is 1.30. The zero-order valence-electron chi connectivity index (χ0n) is 12.1. The van der Waals surface area contributed by atoms with Crippen LogP contribution in [0.15, 0.2) is 0 Å². The van der Waals surface area contributed by atoms with Crippen molar-refractivity contribution in [3.8, 4) is 0 Å². The normalized spacial score (nSPS) is 13.1. The van der Waals surface area contributed by atoms with Crippen molar-refractivity contribution in [1.29, 1.82) is 0 Å². The molecule has 0 saturated carbocycles. The van der Waals surface area contributed by atoms with Crippen LogP contribution in [0, 0.1) is 0 Å². The van der Waals surface area contributed by atoms with Crippen LogP contribution in [0.3, 0.4) is 0 Å². The van der Waals surface area contributed by atoms with E-state index in [0.29, 0.717) is 0 Å². The minimum absolute atomic E-state index is 0.331. The molecule has 0 amide bonds. The van der Waals surface area contributed by atoms with Gasteiger partial charge in [-0.15, -0.1) is 0 Å². The molecular weight excluding hydrogens is 304 g/mol. The number of aliphatic hydroxyl groups is 2. The van der Waals surface area contributed by atoms with Gasteiger partial charge in [-0.25, -0.2) is 0 Å². The Labute approximate surface area is 125 Å². The zero-order valence-corrected chi connectivity index (χ0v) is 12.1.